The van der Waals surface area contributed by atoms with Crippen molar-refractivity contribution in [3.63, 3.8) is 0 Å². The second-order valence-electron chi connectivity index (χ2n) is 6.14. The van der Waals surface area contributed by atoms with Crippen molar-refractivity contribution < 1.29 is 9.53 Å². The minimum Gasteiger partial charge on any atom is -0.351 e. The van der Waals surface area contributed by atoms with Gasteiger partial charge in [0.2, 0.25) is 0 Å². The Morgan fingerprint density at radius 2 is 1.50 bits per heavy atom. The minimum atomic E-state index is -0.312. The number of ether oxygens (including phenoxy) is 1. The van der Waals surface area contributed by atoms with Gasteiger partial charge in [-0.05, 0) is 56.3 Å². The third-order valence-corrected chi connectivity index (χ3v) is 4.98. The number of rotatable bonds is 2. The smallest absolute Gasteiger partial charge is 0.324 e. The molecular formula is C15H23NO2. The van der Waals surface area contributed by atoms with Crippen LogP contribution in [0.5, 0.6) is 0 Å². The predicted molar refractivity (Wildman–Crippen MR) is 68.3 cm³/mol. The van der Waals surface area contributed by atoms with Gasteiger partial charge in [-0.15, -0.1) is 5.26 Å². The summed E-state index contributed by atoms with van der Waals surface area (Å²) in [5.74, 6) is 2.26. The molecule has 0 unspecified atom stereocenters. The van der Waals surface area contributed by atoms with Crippen LogP contribution in [0, 0.1) is 35.2 Å². The predicted octanol–water partition coefficient (Wildman–Crippen LogP) is 3.64. The third-order valence-electron chi connectivity index (χ3n) is 4.98. The molecule has 0 amide bonds. The van der Waals surface area contributed by atoms with Gasteiger partial charge in [-0.3, -0.25) is 4.79 Å². The van der Waals surface area contributed by atoms with Crippen molar-refractivity contribution in [3.8, 4) is 6.26 Å². The molecule has 0 spiro atoms. The lowest BCUT2D eigenvalue weighted by Crippen LogP contribution is -2.28. The highest BCUT2D eigenvalue weighted by Crippen LogP contribution is 2.41. The van der Waals surface area contributed by atoms with E-state index in [1.54, 1.807) is 0 Å². The van der Waals surface area contributed by atoms with Gasteiger partial charge in [0.1, 0.15) is 0 Å². The minimum absolute atomic E-state index is 0.0246. The maximum atomic E-state index is 11.5. The first-order chi connectivity index (χ1) is 8.70. The van der Waals surface area contributed by atoms with Crippen LogP contribution in [0.15, 0.2) is 0 Å². The van der Waals surface area contributed by atoms with Crippen LogP contribution in [-0.2, 0) is 9.53 Å². The highest BCUT2D eigenvalue weighted by molar-refractivity contribution is 5.73. The summed E-state index contributed by atoms with van der Waals surface area (Å²) >= 11 is 0. The van der Waals surface area contributed by atoms with Gasteiger partial charge in [0, 0.05) is 0 Å². The van der Waals surface area contributed by atoms with E-state index in [1.807, 2.05) is 0 Å². The molecule has 2 aliphatic rings. The maximum absolute atomic E-state index is 11.5. The molecule has 0 atom stereocenters. The highest BCUT2D eigenvalue weighted by Gasteiger charge is 2.32. The fourth-order valence-corrected chi connectivity index (χ4v) is 3.71. The molecule has 0 N–H and O–H groups in total. The second kappa shape index (κ2) is 6.22. The van der Waals surface area contributed by atoms with Crippen LogP contribution >= 0.6 is 0 Å². The lowest BCUT2D eigenvalue weighted by atomic mass is 9.69. The molecule has 0 aliphatic heterocycles. The summed E-state index contributed by atoms with van der Waals surface area (Å²) in [6.45, 7) is 2.35. The summed E-state index contributed by atoms with van der Waals surface area (Å²) in [5.41, 5.74) is 0. The SMILES string of the molecule is CC1CCC(C2CCC(C(=O)OC#N)CC2)CC1. The van der Waals surface area contributed by atoms with Crippen molar-refractivity contribution in [1.29, 1.82) is 5.26 Å². The van der Waals surface area contributed by atoms with E-state index >= 15 is 0 Å². The van der Waals surface area contributed by atoms with Crippen molar-refractivity contribution in [3.05, 3.63) is 0 Å². The quantitative estimate of drug-likeness (QED) is 0.554. The number of hydrogen-bond donors (Lipinski definition) is 0. The van der Waals surface area contributed by atoms with Gasteiger partial charge in [0.05, 0.1) is 5.92 Å². The Kier molecular flexibility index (Phi) is 4.63. The van der Waals surface area contributed by atoms with E-state index in [2.05, 4.69) is 11.7 Å². The Hall–Kier alpha value is -1.04. The fraction of sp³-hybridized carbons (Fsp3) is 0.867. The zero-order valence-corrected chi connectivity index (χ0v) is 11.2. The van der Waals surface area contributed by atoms with Gasteiger partial charge < -0.3 is 4.74 Å². The van der Waals surface area contributed by atoms with Crippen LogP contribution in [0.1, 0.15) is 58.3 Å². The summed E-state index contributed by atoms with van der Waals surface area (Å²) in [6.07, 6.45) is 11.1. The van der Waals surface area contributed by atoms with Crippen LogP contribution in [0.4, 0.5) is 0 Å². The molecule has 0 aromatic carbocycles. The molecule has 2 aliphatic carbocycles. The molecule has 3 nitrogen and oxygen atoms in total. The van der Waals surface area contributed by atoms with Crippen LogP contribution < -0.4 is 0 Å². The molecule has 0 bridgehead atoms. The average molecular weight is 249 g/mol. The van der Waals surface area contributed by atoms with E-state index in [9.17, 15) is 4.79 Å². The number of carbonyl (C=O) groups is 1. The molecule has 100 valence electrons. The van der Waals surface area contributed by atoms with E-state index in [0.717, 1.165) is 43.4 Å². The molecule has 0 aromatic heterocycles. The molecule has 2 fully saturated rings. The van der Waals surface area contributed by atoms with E-state index < -0.39 is 0 Å². The van der Waals surface area contributed by atoms with Gasteiger partial charge in [-0.25, -0.2) is 0 Å². The fourth-order valence-electron chi connectivity index (χ4n) is 3.71. The summed E-state index contributed by atoms with van der Waals surface area (Å²) < 4.78 is 4.44. The van der Waals surface area contributed by atoms with Crippen molar-refractivity contribution in [1.82, 2.24) is 0 Å². The number of hydrogen-bond acceptors (Lipinski definition) is 3. The van der Waals surface area contributed by atoms with E-state index in [4.69, 9.17) is 5.26 Å². The molecule has 0 heterocycles. The third kappa shape index (κ3) is 3.25. The molecule has 0 saturated heterocycles. The molecule has 2 rings (SSSR count). The molecule has 18 heavy (non-hydrogen) atoms. The normalized spacial score (nSPS) is 36.7. The number of esters is 1. The van der Waals surface area contributed by atoms with E-state index in [-0.39, 0.29) is 11.9 Å². The standard InChI is InChI=1S/C15H23NO2/c1-11-2-4-12(5-3-11)13-6-8-14(9-7-13)15(17)18-10-16/h11-14H,2-9H2,1H3. The summed E-state index contributed by atoms with van der Waals surface area (Å²) in [6, 6.07) is 0. The molecular weight excluding hydrogens is 226 g/mol. The molecule has 3 heteroatoms. The van der Waals surface area contributed by atoms with Crippen molar-refractivity contribution in [2.45, 2.75) is 58.3 Å². The van der Waals surface area contributed by atoms with E-state index in [0.29, 0.717) is 0 Å². The highest BCUT2D eigenvalue weighted by atomic mass is 16.5. The van der Waals surface area contributed by atoms with Gasteiger partial charge >= 0.3 is 5.97 Å². The van der Waals surface area contributed by atoms with Gasteiger partial charge in [-0.2, -0.15) is 0 Å². The number of nitriles is 1. The lowest BCUT2D eigenvalue weighted by Gasteiger charge is -2.36. The van der Waals surface area contributed by atoms with Gasteiger partial charge in [0.15, 0.2) is 0 Å². The summed E-state index contributed by atoms with van der Waals surface area (Å²) in [5, 5.41) is 8.35. The Labute approximate surface area is 110 Å². The zero-order valence-electron chi connectivity index (χ0n) is 11.2. The number of carbonyl (C=O) groups excluding carboxylic acids is 1. The Bertz CT molecular complexity index is 318. The maximum Gasteiger partial charge on any atom is 0.324 e. The lowest BCUT2D eigenvalue weighted by molar-refractivity contribution is -0.143. The zero-order chi connectivity index (χ0) is 13.0. The molecule has 0 aromatic rings. The monoisotopic (exact) mass is 249 g/mol. The van der Waals surface area contributed by atoms with E-state index in [1.165, 1.54) is 31.9 Å². The first kappa shape index (κ1) is 13.4. The largest absolute Gasteiger partial charge is 0.351 e. The summed E-state index contributed by atoms with van der Waals surface area (Å²) in [7, 11) is 0. The first-order valence-corrected chi connectivity index (χ1v) is 7.30. The molecule has 0 radical (unpaired) electrons. The van der Waals surface area contributed by atoms with Crippen LogP contribution in [0.2, 0.25) is 0 Å². The van der Waals surface area contributed by atoms with Gasteiger partial charge in [-0.1, -0.05) is 19.8 Å². The van der Waals surface area contributed by atoms with Crippen molar-refractivity contribution in [2.24, 2.45) is 23.7 Å². The van der Waals surface area contributed by atoms with Crippen LogP contribution in [0.25, 0.3) is 0 Å². The second-order valence-corrected chi connectivity index (χ2v) is 6.14. The Morgan fingerprint density at radius 1 is 1.00 bits per heavy atom. The van der Waals surface area contributed by atoms with Crippen molar-refractivity contribution in [2.75, 3.05) is 0 Å². The van der Waals surface area contributed by atoms with Crippen LogP contribution in [0.3, 0.4) is 0 Å². The average Bonchev–Trinajstić information content (AvgIpc) is 2.40. The van der Waals surface area contributed by atoms with Gasteiger partial charge in [0.25, 0.3) is 6.26 Å². The van der Waals surface area contributed by atoms with Crippen molar-refractivity contribution >= 4 is 5.97 Å². The topological polar surface area (TPSA) is 50.1 Å². The van der Waals surface area contributed by atoms with Crippen LogP contribution in [-0.4, -0.2) is 5.97 Å². The Balaban J connectivity index is 1.76. The first-order valence-electron chi connectivity index (χ1n) is 7.30. The summed E-state index contributed by atoms with van der Waals surface area (Å²) in [4.78, 5) is 11.5. The molecule has 2 saturated carbocycles. The Morgan fingerprint density at radius 3 is 2.00 bits per heavy atom. The number of nitrogens with zero attached hydrogens (tertiary/aromatic N) is 1.